The van der Waals surface area contributed by atoms with Crippen LogP contribution in [0.1, 0.15) is 5.56 Å². The molecule has 1 saturated heterocycles. The van der Waals surface area contributed by atoms with Gasteiger partial charge in [0.1, 0.15) is 38.0 Å². The van der Waals surface area contributed by atoms with Crippen molar-refractivity contribution < 1.29 is 58.9 Å². The van der Waals surface area contributed by atoms with Crippen LogP contribution in [-0.4, -0.2) is 86.2 Å². The molecule has 190 valence electrons. The molecule has 14 heteroatoms. The van der Waals surface area contributed by atoms with Crippen LogP contribution in [0.2, 0.25) is 0 Å². The van der Waals surface area contributed by atoms with E-state index in [0.29, 0.717) is 0 Å². The van der Waals surface area contributed by atoms with Crippen LogP contribution < -0.4 is 0 Å². The summed E-state index contributed by atoms with van der Waals surface area (Å²) in [6.45, 7) is -1.41. The Labute approximate surface area is 189 Å². The number of benzene rings is 1. The Bertz CT molecular complexity index is 793. The average Bonchev–Trinajstić information content (AvgIpc) is 2.78. The van der Waals surface area contributed by atoms with E-state index in [1.54, 1.807) is 30.3 Å². The van der Waals surface area contributed by atoms with E-state index in [0.717, 1.165) is 5.56 Å². The highest BCUT2D eigenvalue weighted by molar-refractivity contribution is 7.87. The molecule has 0 bridgehead atoms. The summed E-state index contributed by atoms with van der Waals surface area (Å²) in [4.78, 5) is 0. The van der Waals surface area contributed by atoms with Crippen LogP contribution in [0.25, 0.3) is 0 Å². The van der Waals surface area contributed by atoms with E-state index in [1.165, 1.54) is 21.3 Å². The normalized spacial score (nSPS) is 26.4. The van der Waals surface area contributed by atoms with Crippen LogP contribution in [0.4, 0.5) is 13.2 Å². The summed E-state index contributed by atoms with van der Waals surface area (Å²) in [7, 11) is -1.84. The van der Waals surface area contributed by atoms with Crippen molar-refractivity contribution in [1.29, 1.82) is 0 Å². The second kappa shape index (κ2) is 12.9. The van der Waals surface area contributed by atoms with Gasteiger partial charge in [0.2, 0.25) is 0 Å². The van der Waals surface area contributed by atoms with Gasteiger partial charge in [0, 0.05) is 21.3 Å². The minimum atomic E-state index is -5.87. The standard InChI is InChI=1S/C19H27F3O10S/c1-25-11-29-16-15(28-9-13-7-5-4-6-8-13)14(10-31-33(23,24)19(20,21)22)32-18(27-3)17(16)30-12-26-2/h4-8,14-18H,9-12H2,1-3H3/t14-,15-,16+,17-,18+/m1/s1. The molecule has 1 aromatic rings. The van der Waals surface area contributed by atoms with Crippen LogP contribution in [0.5, 0.6) is 0 Å². The van der Waals surface area contributed by atoms with Crippen LogP contribution in [-0.2, 0) is 54.1 Å². The van der Waals surface area contributed by atoms with Crippen LogP contribution in [0.3, 0.4) is 0 Å². The summed E-state index contributed by atoms with van der Waals surface area (Å²) >= 11 is 0. The molecule has 1 aliphatic heterocycles. The maximum absolute atomic E-state index is 12.8. The topological polar surface area (TPSA) is 108 Å². The lowest BCUT2D eigenvalue weighted by Crippen LogP contribution is -2.62. The minimum absolute atomic E-state index is 0.0128. The number of halogens is 3. The highest BCUT2D eigenvalue weighted by atomic mass is 32.2. The Kier molecular flexibility index (Phi) is 10.9. The van der Waals surface area contributed by atoms with Crippen molar-refractivity contribution in [3.63, 3.8) is 0 Å². The molecular formula is C19H27F3O10S. The van der Waals surface area contributed by atoms with E-state index >= 15 is 0 Å². The molecule has 0 aliphatic carbocycles. The van der Waals surface area contributed by atoms with Crippen molar-refractivity contribution >= 4 is 10.1 Å². The molecule has 5 atom stereocenters. The third kappa shape index (κ3) is 7.83. The molecular weight excluding hydrogens is 477 g/mol. The molecule has 1 fully saturated rings. The van der Waals surface area contributed by atoms with Crippen molar-refractivity contribution in [3.8, 4) is 0 Å². The monoisotopic (exact) mass is 504 g/mol. The molecule has 0 aromatic heterocycles. The highest BCUT2D eigenvalue weighted by Crippen LogP contribution is 2.31. The maximum Gasteiger partial charge on any atom is 0.523 e. The number of alkyl halides is 3. The summed E-state index contributed by atoms with van der Waals surface area (Å²) < 4.78 is 103. The van der Waals surface area contributed by atoms with Crippen molar-refractivity contribution in [3.05, 3.63) is 35.9 Å². The van der Waals surface area contributed by atoms with E-state index in [4.69, 9.17) is 33.2 Å². The fourth-order valence-electron chi connectivity index (χ4n) is 3.05. The molecule has 1 heterocycles. The van der Waals surface area contributed by atoms with Gasteiger partial charge in [0.05, 0.1) is 13.2 Å². The molecule has 0 unspecified atom stereocenters. The zero-order valence-corrected chi connectivity index (χ0v) is 19.0. The van der Waals surface area contributed by atoms with Crippen molar-refractivity contribution in [2.45, 2.75) is 42.8 Å². The van der Waals surface area contributed by atoms with E-state index in [1.807, 2.05) is 0 Å². The molecule has 0 amide bonds. The maximum atomic E-state index is 12.8. The van der Waals surface area contributed by atoms with Crippen LogP contribution >= 0.6 is 0 Å². The quantitative estimate of drug-likeness (QED) is 0.224. The lowest BCUT2D eigenvalue weighted by Gasteiger charge is -2.45. The largest absolute Gasteiger partial charge is 0.523 e. The SMILES string of the molecule is COCO[C@@H]1[C@@H](OCOC)[C@@H](OC)O[C@H](COS(=O)(=O)C(F)(F)F)[C@H]1OCc1ccccc1. The van der Waals surface area contributed by atoms with Gasteiger partial charge in [-0.25, -0.2) is 0 Å². The minimum Gasteiger partial charge on any atom is -0.368 e. The average molecular weight is 504 g/mol. The Balaban J connectivity index is 2.31. The third-order valence-electron chi connectivity index (χ3n) is 4.54. The first-order valence-electron chi connectivity index (χ1n) is 9.65. The van der Waals surface area contributed by atoms with E-state index in [-0.39, 0.29) is 20.2 Å². The van der Waals surface area contributed by atoms with Gasteiger partial charge >= 0.3 is 15.6 Å². The van der Waals surface area contributed by atoms with Gasteiger partial charge in [-0.05, 0) is 5.56 Å². The lowest BCUT2D eigenvalue weighted by molar-refractivity contribution is -0.331. The Morgan fingerprint density at radius 2 is 1.52 bits per heavy atom. The van der Waals surface area contributed by atoms with Gasteiger partial charge in [-0.15, -0.1) is 0 Å². The van der Waals surface area contributed by atoms with E-state index in [9.17, 15) is 21.6 Å². The Hall–Kier alpha value is -1.36. The summed E-state index contributed by atoms with van der Waals surface area (Å²) in [5.74, 6) is 0. The number of hydrogen-bond donors (Lipinski definition) is 0. The van der Waals surface area contributed by atoms with E-state index < -0.39 is 52.9 Å². The van der Waals surface area contributed by atoms with Gasteiger partial charge in [0.15, 0.2) is 6.29 Å². The van der Waals surface area contributed by atoms with Gasteiger partial charge in [0.25, 0.3) is 0 Å². The first kappa shape index (κ1) is 27.9. The first-order valence-corrected chi connectivity index (χ1v) is 11.1. The molecule has 0 spiro atoms. The van der Waals surface area contributed by atoms with Gasteiger partial charge < -0.3 is 33.2 Å². The van der Waals surface area contributed by atoms with Crippen LogP contribution in [0, 0.1) is 0 Å². The second-order valence-electron chi connectivity index (χ2n) is 6.80. The number of methoxy groups -OCH3 is 3. The second-order valence-corrected chi connectivity index (χ2v) is 8.41. The molecule has 0 N–H and O–H groups in total. The lowest BCUT2D eigenvalue weighted by atomic mass is 9.98. The summed E-state index contributed by atoms with van der Waals surface area (Å²) in [5.41, 5.74) is -4.85. The summed E-state index contributed by atoms with van der Waals surface area (Å²) in [6.07, 6.45) is -5.59. The van der Waals surface area contributed by atoms with Crippen molar-refractivity contribution in [1.82, 2.24) is 0 Å². The van der Waals surface area contributed by atoms with Gasteiger partial charge in [-0.2, -0.15) is 21.6 Å². The Morgan fingerprint density at radius 3 is 2.06 bits per heavy atom. The fourth-order valence-corrected chi connectivity index (χ4v) is 3.50. The Morgan fingerprint density at radius 1 is 0.909 bits per heavy atom. The molecule has 1 aromatic carbocycles. The van der Waals surface area contributed by atoms with Gasteiger partial charge in [-0.1, -0.05) is 30.3 Å². The first-order chi connectivity index (χ1) is 15.6. The fraction of sp³-hybridized carbons (Fsp3) is 0.684. The van der Waals surface area contributed by atoms with Crippen molar-refractivity contribution in [2.24, 2.45) is 0 Å². The predicted molar refractivity (Wildman–Crippen MR) is 105 cm³/mol. The number of hydrogen-bond acceptors (Lipinski definition) is 10. The highest BCUT2D eigenvalue weighted by Gasteiger charge is 2.52. The number of ether oxygens (including phenoxy) is 7. The van der Waals surface area contributed by atoms with Gasteiger partial charge in [-0.3, -0.25) is 4.18 Å². The molecule has 0 saturated carbocycles. The zero-order chi connectivity index (χ0) is 24.5. The van der Waals surface area contributed by atoms with Crippen LogP contribution in [0.15, 0.2) is 30.3 Å². The molecule has 0 radical (unpaired) electrons. The molecule has 33 heavy (non-hydrogen) atoms. The smallest absolute Gasteiger partial charge is 0.368 e. The summed E-state index contributed by atoms with van der Waals surface area (Å²) in [6, 6.07) is 8.89. The molecule has 10 nitrogen and oxygen atoms in total. The summed E-state index contributed by atoms with van der Waals surface area (Å²) in [5, 5.41) is 0. The van der Waals surface area contributed by atoms with E-state index in [2.05, 4.69) is 4.18 Å². The third-order valence-corrected chi connectivity index (χ3v) is 5.55. The predicted octanol–water partition coefficient (Wildman–Crippen LogP) is 1.79. The van der Waals surface area contributed by atoms with Crippen molar-refractivity contribution in [2.75, 3.05) is 41.5 Å². The molecule has 2 rings (SSSR count). The zero-order valence-electron chi connectivity index (χ0n) is 18.2. The number of rotatable bonds is 13. The molecule has 1 aliphatic rings.